The molecule has 0 aliphatic carbocycles. The van der Waals surface area contributed by atoms with Crippen molar-refractivity contribution in [1.82, 2.24) is 0 Å². The highest BCUT2D eigenvalue weighted by Crippen LogP contribution is 2.36. The molecule has 3 aromatic rings. The molecule has 6 heteroatoms. The van der Waals surface area contributed by atoms with Gasteiger partial charge in [0.1, 0.15) is 11.4 Å². The third kappa shape index (κ3) is 3.80. The fourth-order valence-corrected chi connectivity index (χ4v) is 3.73. The molecule has 0 atom stereocenters. The Kier molecular flexibility index (Phi) is 5.53. The SMILES string of the molecule is COc1ccc(C2=C(Nc3ccccc3C)C(=O)N(c3cc(Cl)ccc3C)C2=O)cc1. The Morgan fingerprint density at radius 3 is 2.26 bits per heavy atom. The second kappa shape index (κ2) is 8.28. The van der Waals surface area contributed by atoms with Crippen LogP contribution in [-0.2, 0) is 9.59 Å². The number of hydrogen-bond donors (Lipinski definition) is 1. The number of imide groups is 1. The van der Waals surface area contributed by atoms with Gasteiger partial charge in [-0.15, -0.1) is 0 Å². The highest BCUT2D eigenvalue weighted by Gasteiger charge is 2.41. The minimum atomic E-state index is -0.426. The van der Waals surface area contributed by atoms with Crippen molar-refractivity contribution >= 4 is 40.4 Å². The highest BCUT2D eigenvalue weighted by atomic mass is 35.5. The number of para-hydroxylation sites is 1. The smallest absolute Gasteiger partial charge is 0.282 e. The van der Waals surface area contributed by atoms with E-state index in [0.717, 1.165) is 16.8 Å². The molecule has 31 heavy (non-hydrogen) atoms. The molecule has 1 aliphatic heterocycles. The van der Waals surface area contributed by atoms with Gasteiger partial charge in [0, 0.05) is 10.7 Å². The molecule has 0 saturated carbocycles. The molecule has 0 saturated heterocycles. The Labute approximate surface area is 185 Å². The summed E-state index contributed by atoms with van der Waals surface area (Å²) < 4.78 is 5.23. The minimum absolute atomic E-state index is 0.226. The number of ether oxygens (including phenoxy) is 1. The van der Waals surface area contributed by atoms with Gasteiger partial charge in [0.15, 0.2) is 0 Å². The van der Waals surface area contributed by atoms with Crippen LogP contribution in [0.25, 0.3) is 5.57 Å². The average molecular weight is 433 g/mol. The molecule has 156 valence electrons. The van der Waals surface area contributed by atoms with E-state index >= 15 is 0 Å². The molecule has 3 aromatic carbocycles. The lowest BCUT2D eigenvalue weighted by molar-refractivity contribution is -0.120. The minimum Gasteiger partial charge on any atom is -0.497 e. The molecule has 2 amide bonds. The number of carbonyl (C=O) groups excluding carboxylic acids is 2. The van der Waals surface area contributed by atoms with Gasteiger partial charge in [-0.1, -0.05) is 48.0 Å². The lowest BCUT2D eigenvalue weighted by Crippen LogP contribution is -2.33. The van der Waals surface area contributed by atoms with E-state index in [2.05, 4.69) is 5.32 Å². The summed E-state index contributed by atoms with van der Waals surface area (Å²) in [5.41, 5.74) is 4.11. The maximum atomic E-state index is 13.6. The van der Waals surface area contributed by atoms with Crippen LogP contribution in [0, 0.1) is 13.8 Å². The van der Waals surface area contributed by atoms with Gasteiger partial charge in [0.2, 0.25) is 0 Å². The summed E-state index contributed by atoms with van der Waals surface area (Å²) in [5, 5.41) is 3.66. The number of nitrogens with zero attached hydrogens (tertiary/aromatic N) is 1. The number of halogens is 1. The monoisotopic (exact) mass is 432 g/mol. The van der Waals surface area contributed by atoms with Crippen molar-refractivity contribution in [2.45, 2.75) is 13.8 Å². The van der Waals surface area contributed by atoms with Gasteiger partial charge in [-0.05, 0) is 60.9 Å². The molecule has 1 aliphatic rings. The summed E-state index contributed by atoms with van der Waals surface area (Å²) in [6, 6.07) is 19.8. The Balaban J connectivity index is 1.86. The Morgan fingerprint density at radius 2 is 1.58 bits per heavy atom. The van der Waals surface area contributed by atoms with Crippen molar-refractivity contribution in [2.24, 2.45) is 0 Å². The van der Waals surface area contributed by atoms with Crippen LogP contribution >= 0.6 is 11.6 Å². The zero-order valence-corrected chi connectivity index (χ0v) is 18.2. The van der Waals surface area contributed by atoms with Crippen LogP contribution in [0.2, 0.25) is 5.02 Å². The average Bonchev–Trinajstić information content (AvgIpc) is 3.01. The first-order valence-electron chi connectivity index (χ1n) is 9.77. The summed E-state index contributed by atoms with van der Waals surface area (Å²) >= 11 is 6.17. The van der Waals surface area contributed by atoms with Crippen molar-refractivity contribution in [3.8, 4) is 5.75 Å². The van der Waals surface area contributed by atoms with E-state index < -0.39 is 11.8 Å². The van der Waals surface area contributed by atoms with Gasteiger partial charge in [-0.3, -0.25) is 9.59 Å². The van der Waals surface area contributed by atoms with Crippen LogP contribution in [0.3, 0.4) is 0 Å². The van der Waals surface area contributed by atoms with E-state index in [0.29, 0.717) is 27.6 Å². The molecule has 1 heterocycles. The Hall–Kier alpha value is -3.57. The number of aryl methyl sites for hydroxylation is 2. The van der Waals surface area contributed by atoms with E-state index in [1.807, 2.05) is 38.1 Å². The Morgan fingerprint density at radius 1 is 0.871 bits per heavy atom. The lowest BCUT2D eigenvalue weighted by Gasteiger charge is -2.18. The predicted molar refractivity (Wildman–Crippen MR) is 123 cm³/mol. The third-order valence-electron chi connectivity index (χ3n) is 5.28. The first kappa shape index (κ1) is 20.7. The van der Waals surface area contributed by atoms with Crippen LogP contribution in [-0.4, -0.2) is 18.9 Å². The van der Waals surface area contributed by atoms with Gasteiger partial charge < -0.3 is 10.1 Å². The second-order valence-corrected chi connectivity index (χ2v) is 7.73. The van der Waals surface area contributed by atoms with Gasteiger partial charge in [0.05, 0.1) is 18.4 Å². The first-order chi connectivity index (χ1) is 14.9. The van der Waals surface area contributed by atoms with Crippen LogP contribution in [0.4, 0.5) is 11.4 Å². The zero-order valence-electron chi connectivity index (χ0n) is 17.4. The fraction of sp³-hybridized carbons (Fsp3) is 0.120. The molecule has 0 unspecified atom stereocenters. The summed E-state index contributed by atoms with van der Waals surface area (Å²) in [5.74, 6) is -0.168. The maximum Gasteiger partial charge on any atom is 0.282 e. The predicted octanol–water partition coefficient (Wildman–Crippen LogP) is 5.36. The lowest BCUT2D eigenvalue weighted by atomic mass is 10.0. The van der Waals surface area contributed by atoms with Crippen LogP contribution < -0.4 is 15.0 Å². The summed E-state index contributed by atoms with van der Waals surface area (Å²) in [4.78, 5) is 28.3. The molecular weight excluding hydrogens is 412 g/mol. The number of rotatable bonds is 5. The van der Waals surface area contributed by atoms with Gasteiger partial charge in [-0.2, -0.15) is 0 Å². The topological polar surface area (TPSA) is 58.6 Å². The normalized spacial score (nSPS) is 13.7. The molecule has 0 aromatic heterocycles. The molecule has 5 nitrogen and oxygen atoms in total. The van der Waals surface area contributed by atoms with Crippen LogP contribution in [0.1, 0.15) is 16.7 Å². The molecule has 0 fully saturated rings. The van der Waals surface area contributed by atoms with Crippen LogP contribution in [0.5, 0.6) is 5.75 Å². The maximum absolute atomic E-state index is 13.6. The number of nitrogens with one attached hydrogen (secondary N) is 1. The van der Waals surface area contributed by atoms with E-state index in [1.54, 1.807) is 49.6 Å². The van der Waals surface area contributed by atoms with Gasteiger partial charge >= 0.3 is 0 Å². The number of carbonyl (C=O) groups is 2. The van der Waals surface area contributed by atoms with E-state index in [4.69, 9.17) is 16.3 Å². The number of hydrogen-bond acceptors (Lipinski definition) is 4. The number of anilines is 2. The standard InChI is InChI=1S/C25H21ClN2O3/c1-15-6-4-5-7-20(15)27-23-22(17-9-12-19(31-3)13-10-17)24(29)28(25(23)30)21-14-18(26)11-8-16(21)2/h4-14,27H,1-3H3. The van der Waals surface area contributed by atoms with E-state index in [1.165, 1.54) is 4.90 Å². The zero-order chi connectivity index (χ0) is 22.1. The molecule has 4 rings (SSSR count). The van der Waals surface area contributed by atoms with Crippen molar-refractivity contribution in [2.75, 3.05) is 17.3 Å². The molecule has 0 spiro atoms. The summed E-state index contributed by atoms with van der Waals surface area (Å²) in [6.45, 7) is 3.78. The highest BCUT2D eigenvalue weighted by molar-refractivity contribution is 6.46. The van der Waals surface area contributed by atoms with Crippen molar-refractivity contribution in [1.29, 1.82) is 0 Å². The number of benzene rings is 3. The van der Waals surface area contributed by atoms with Gasteiger partial charge in [0.25, 0.3) is 11.8 Å². The summed E-state index contributed by atoms with van der Waals surface area (Å²) in [6.07, 6.45) is 0. The molecule has 0 radical (unpaired) electrons. The fourth-order valence-electron chi connectivity index (χ4n) is 3.56. The van der Waals surface area contributed by atoms with Crippen molar-refractivity contribution in [3.05, 3.63) is 94.1 Å². The van der Waals surface area contributed by atoms with E-state index in [9.17, 15) is 9.59 Å². The van der Waals surface area contributed by atoms with Crippen LogP contribution in [0.15, 0.2) is 72.4 Å². The Bertz CT molecular complexity index is 1220. The quantitative estimate of drug-likeness (QED) is 0.551. The second-order valence-electron chi connectivity index (χ2n) is 7.29. The number of methoxy groups -OCH3 is 1. The molecule has 0 bridgehead atoms. The third-order valence-corrected chi connectivity index (χ3v) is 5.51. The first-order valence-corrected chi connectivity index (χ1v) is 10.1. The van der Waals surface area contributed by atoms with Crippen molar-refractivity contribution < 1.29 is 14.3 Å². The van der Waals surface area contributed by atoms with Gasteiger partial charge in [-0.25, -0.2) is 4.90 Å². The van der Waals surface area contributed by atoms with Crippen molar-refractivity contribution in [3.63, 3.8) is 0 Å². The molecule has 1 N–H and O–H groups in total. The van der Waals surface area contributed by atoms with E-state index in [-0.39, 0.29) is 5.70 Å². The molecular formula is C25H21ClN2O3. The number of amides is 2. The summed E-state index contributed by atoms with van der Waals surface area (Å²) in [7, 11) is 1.58. The largest absolute Gasteiger partial charge is 0.497 e.